The Morgan fingerprint density at radius 1 is 1.23 bits per heavy atom. The summed E-state index contributed by atoms with van der Waals surface area (Å²) in [5.74, 6) is 1.06. The normalized spacial score (nSPS) is 22.6. The van der Waals surface area contributed by atoms with Gasteiger partial charge >= 0.3 is 0 Å². The fraction of sp³-hybridized carbons (Fsp3) is 1.00. The van der Waals surface area contributed by atoms with E-state index in [1.54, 1.807) is 0 Å². The van der Waals surface area contributed by atoms with Crippen LogP contribution in [0.15, 0.2) is 0 Å². The third-order valence-corrected chi connectivity index (χ3v) is 3.13. The van der Waals surface area contributed by atoms with E-state index in [1.165, 1.54) is 51.7 Å². The van der Waals surface area contributed by atoms with Crippen molar-refractivity contribution in [3.05, 3.63) is 0 Å². The summed E-state index contributed by atoms with van der Waals surface area (Å²) < 4.78 is 0. The van der Waals surface area contributed by atoms with E-state index in [0.29, 0.717) is 0 Å². The standard InChI is InChI=1S/C11H22N2/c1-12-7-2-8-13(11-5-6-11)9-10-3-4-10/h10-12H,2-9H2,1H3. The number of hydrogen-bond acceptors (Lipinski definition) is 2. The van der Waals surface area contributed by atoms with E-state index in [0.717, 1.165) is 12.0 Å². The van der Waals surface area contributed by atoms with Crippen LogP contribution in [0.3, 0.4) is 0 Å². The largest absolute Gasteiger partial charge is 0.320 e. The topological polar surface area (TPSA) is 15.3 Å². The van der Waals surface area contributed by atoms with E-state index in [1.807, 2.05) is 7.05 Å². The van der Waals surface area contributed by atoms with Crippen molar-refractivity contribution in [3.8, 4) is 0 Å². The zero-order chi connectivity index (χ0) is 9.10. The maximum Gasteiger partial charge on any atom is 0.00965 e. The van der Waals surface area contributed by atoms with Crippen molar-refractivity contribution < 1.29 is 0 Å². The summed E-state index contributed by atoms with van der Waals surface area (Å²) in [6.45, 7) is 3.89. The van der Waals surface area contributed by atoms with Gasteiger partial charge in [-0.2, -0.15) is 0 Å². The van der Waals surface area contributed by atoms with Crippen molar-refractivity contribution in [1.29, 1.82) is 0 Å². The van der Waals surface area contributed by atoms with E-state index in [9.17, 15) is 0 Å². The van der Waals surface area contributed by atoms with Crippen molar-refractivity contribution in [2.45, 2.75) is 38.1 Å². The van der Waals surface area contributed by atoms with Gasteiger partial charge < -0.3 is 10.2 Å². The Morgan fingerprint density at radius 2 is 2.00 bits per heavy atom. The second-order valence-electron chi connectivity index (χ2n) is 4.63. The molecular formula is C11H22N2. The Labute approximate surface area is 81.7 Å². The predicted octanol–water partition coefficient (Wildman–Crippen LogP) is 1.47. The van der Waals surface area contributed by atoms with Crippen LogP contribution in [0, 0.1) is 5.92 Å². The molecule has 0 bridgehead atoms. The van der Waals surface area contributed by atoms with Gasteiger partial charge in [-0.3, -0.25) is 0 Å². The average molecular weight is 182 g/mol. The van der Waals surface area contributed by atoms with Crippen molar-refractivity contribution in [2.24, 2.45) is 5.92 Å². The molecule has 0 unspecified atom stereocenters. The molecule has 2 aliphatic rings. The van der Waals surface area contributed by atoms with E-state index in [4.69, 9.17) is 0 Å². The number of hydrogen-bond donors (Lipinski definition) is 1. The second kappa shape index (κ2) is 4.43. The highest BCUT2D eigenvalue weighted by molar-refractivity contribution is 4.88. The molecule has 2 fully saturated rings. The Kier molecular flexibility index (Phi) is 3.23. The summed E-state index contributed by atoms with van der Waals surface area (Å²) in [6.07, 6.45) is 7.24. The zero-order valence-corrected chi connectivity index (χ0v) is 8.76. The fourth-order valence-electron chi connectivity index (χ4n) is 1.95. The van der Waals surface area contributed by atoms with Crippen LogP contribution >= 0.6 is 0 Å². The molecule has 13 heavy (non-hydrogen) atoms. The first kappa shape index (κ1) is 9.47. The van der Waals surface area contributed by atoms with E-state index < -0.39 is 0 Å². The maximum absolute atomic E-state index is 3.22. The van der Waals surface area contributed by atoms with Gasteiger partial charge in [-0.25, -0.2) is 0 Å². The molecule has 0 aromatic carbocycles. The Balaban J connectivity index is 1.63. The van der Waals surface area contributed by atoms with E-state index >= 15 is 0 Å². The molecule has 0 atom stereocenters. The van der Waals surface area contributed by atoms with Gasteiger partial charge in [-0.15, -0.1) is 0 Å². The Bertz CT molecular complexity index is 150. The predicted molar refractivity (Wildman–Crippen MR) is 55.9 cm³/mol. The minimum absolute atomic E-state index is 0.970. The van der Waals surface area contributed by atoms with Gasteiger partial charge in [0.05, 0.1) is 0 Å². The molecule has 1 N–H and O–H groups in total. The number of nitrogens with zero attached hydrogens (tertiary/aromatic N) is 1. The van der Waals surface area contributed by atoms with Crippen LogP contribution in [-0.2, 0) is 0 Å². The molecule has 2 rings (SSSR count). The van der Waals surface area contributed by atoms with Gasteiger partial charge in [-0.1, -0.05) is 0 Å². The molecule has 0 radical (unpaired) electrons. The summed E-state index contributed by atoms with van der Waals surface area (Å²) in [4.78, 5) is 2.73. The smallest absolute Gasteiger partial charge is 0.00965 e. The zero-order valence-electron chi connectivity index (χ0n) is 8.76. The van der Waals surface area contributed by atoms with Crippen molar-refractivity contribution in [1.82, 2.24) is 10.2 Å². The molecule has 2 heteroatoms. The van der Waals surface area contributed by atoms with Gasteiger partial charge in [0.15, 0.2) is 0 Å². The lowest BCUT2D eigenvalue weighted by atomic mass is 10.3. The van der Waals surface area contributed by atoms with Crippen LogP contribution in [0.25, 0.3) is 0 Å². The second-order valence-corrected chi connectivity index (χ2v) is 4.63. The van der Waals surface area contributed by atoms with Gasteiger partial charge in [0.25, 0.3) is 0 Å². The molecule has 2 saturated carbocycles. The first-order valence-electron chi connectivity index (χ1n) is 5.79. The van der Waals surface area contributed by atoms with Gasteiger partial charge in [-0.05, 0) is 58.2 Å². The van der Waals surface area contributed by atoms with Gasteiger partial charge in [0.1, 0.15) is 0 Å². The van der Waals surface area contributed by atoms with Crippen LogP contribution in [0.5, 0.6) is 0 Å². The fourth-order valence-corrected chi connectivity index (χ4v) is 1.95. The quantitative estimate of drug-likeness (QED) is 0.600. The molecule has 2 nitrogen and oxygen atoms in total. The van der Waals surface area contributed by atoms with Crippen LogP contribution in [-0.4, -0.2) is 37.6 Å². The lowest BCUT2D eigenvalue weighted by Gasteiger charge is -2.21. The highest BCUT2D eigenvalue weighted by Crippen LogP contribution is 2.34. The summed E-state index contributed by atoms with van der Waals surface area (Å²) in [6, 6.07) is 0.970. The highest BCUT2D eigenvalue weighted by atomic mass is 15.2. The molecule has 0 spiro atoms. The molecule has 0 aliphatic heterocycles. The summed E-state index contributed by atoms with van der Waals surface area (Å²) in [5.41, 5.74) is 0. The van der Waals surface area contributed by atoms with Crippen LogP contribution in [0.2, 0.25) is 0 Å². The lowest BCUT2D eigenvalue weighted by Crippen LogP contribution is -2.30. The highest BCUT2D eigenvalue weighted by Gasteiger charge is 2.32. The van der Waals surface area contributed by atoms with Crippen LogP contribution in [0.1, 0.15) is 32.1 Å². The van der Waals surface area contributed by atoms with Gasteiger partial charge in [0.2, 0.25) is 0 Å². The molecule has 0 heterocycles. The van der Waals surface area contributed by atoms with Crippen molar-refractivity contribution in [2.75, 3.05) is 26.7 Å². The minimum atomic E-state index is 0.970. The molecule has 0 aromatic heterocycles. The van der Waals surface area contributed by atoms with Crippen molar-refractivity contribution in [3.63, 3.8) is 0 Å². The minimum Gasteiger partial charge on any atom is -0.320 e. The molecule has 2 aliphatic carbocycles. The Hall–Kier alpha value is -0.0800. The first-order chi connectivity index (χ1) is 6.40. The Morgan fingerprint density at radius 3 is 2.54 bits per heavy atom. The molecule has 0 aromatic rings. The molecule has 0 amide bonds. The first-order valence-corrected chi connectivity index (χ1v) is 5.79. The molecule has 76 valence electrons. The van der Waals surface area contributed by atoms with E-state index in [2.05, 4.69) is 10.2 Å². The molecule has 0 saturated heterocycles. The summed E-state index contributed by atoms with van der Waals surface area (Å²) in [5, 5.41) is 3.22. The monoisotopic (exact) mass is 182 g/mol. The van der Waals surface area contributed by atoms with E-state index in [-0.39, 0.29) is 0 Å². The van der Waals surface area contributed by atoms with Crippen LogP contribution < -0.4 is 5.32 Å². The maximum atomic E-state index is 3.22. The number of nitrogens with one attached hydrogen (secondary N) is 1. The lowest BCUT2D eigenvalue weighted by molar-refractivity contribution is 0.249. The average Bonchev–Trinajstić information content (AvgIpc) is 2.98. The third-order valence-electron chi connectivity index (χ3n) is 3.13. The summed E-state index contributed by atoms with van der Waals surface area (Å²) >= 11 is 0. The summed E-state index contributed by atoms with van der Waals surface area (Å²) in [7, 11) is 2.04. The third kappa shape index (κ3) is 3.28. The SMILES string of the molecule is CNCCCN(CC1CC1)C1CC1. The van der Waals surface area contributed by atoms with Gasteiger partial charge in [0, 0.05) is 12.6 Å². The number of rotatable bonds is 7. The molecular weight excluding hydrogens is 160 g/mol. The van der Waals surface area contributed by atoms with Crippen LogP contribution in [0.4, 0.5) is 0 Å². The van der Waals surface area contributed by atoms with Crippen molar-refractivity contribution >= 4 is 0 Å².